The molecule has 198 valence electrons. The third-order valence-corrected chi connectivity index (χ3v) is 7.83. The van der Waals surface area contributed by atoms with E-state index >= 15 is 0 Å². The summed E-state index contributed by atoms with van der Waals surface area (Å²) in [4.78, 5) is 42.2. The fraction of sp³-hybridized carbons (Fsp3) is 0.483. The van der Waals surface area contributed by atoms with Crippen LogP contribution in [-0.2, 0) is 14.4 Å². The second-order valence-corrected chi connectivity index (χ2v) is 10.2. The van der Waals surface area contributed by atoms with Gasteiger partial charge < -0.3 is 27.0 Å². The summed E-state index contributed by atoms with van der Waals surface area (Å²) in [6, 6.07) is 17.3. The van der Waals surface area contributed by atoms with Gasteiger partial charge in [-0.3, -0.25) is 14.4 Å². The van der Waals surface area contributed by atoms with Crippen molar-refractivity contribution in [2.24, 2.45) is 17.4 Å². The molecule has 2 saturated heterocycles. The van der Waals surface area contributed by atoms with E-state index in [2.05, 4.69) is 10.6 Å². The van der Waals surface area contributed by atoms with Crippen molar-refractivity contribution in [3.05, 3.63) is 71.8 Å². The Bertz CT molecular complexity index is 1020. The van der Waals surface area contributed by atoms with Gasteiger partial charge in [0.25, 0.3) is 0 Å². The lowest BCUT2D eigenvalue weighted by atomic mass is 9.90. The van der Waals surface area contributed by atoms with Crippen LogP contribution in [-0.4, -0.2) is 53.3 Å². The maximum Gasteiger partial charge on any atom is 0.246 e. The summed E-state index contributed by atoms with van der Waals surface area (Å²) in [6.45, 7) is 2.26. The number of nitrogens with zero attached hydrogens (tertiary/aromatic N) is 1. The van der Waals surface area contributed by atoms with Crippen LogP contribution in [0.1, 0.15) is 62.6 Å². The van der Waals surface area contributed by atoms with Gasteiger partial charge in [0.05, 0.1) is 12.1 Å². The van der Waals surface area contributed by atoms with Gasteiger partial charge in [0, 0.05) is 6.04 Å². The monoisotopic (exact) mass is 505 g/mol. The predicted octanol–water partition coefficient (Wildman–Crippen LogP) is 2.23. The molecule has 0 aliphatic carbocycles. The van der Waals surface area contributed by atoms with Crippen LogP contribution in [0.2, 0.25) is 0 Å². The molecule has 2 aliphatic rings. The molecule has 8 heteroatoms. The zero-order valence-electron chi connectivity index (χ0n) is 21.5. The Kier molecular flexibility index (Phi) is 8.95. The lowest BCUT2D eigenvalue weighted by Gasteiger charge is -2.33. The van der Waals surface area contributed by atoms with Crippen LogP contribution < -0.4 is 22.1 Å². The molecule has 2 aromatic rings. The van der Waals surface area contributed by atoms with Crippen LogP contribution in [0.3, 0.4) is 0 Å². The Morgan fingerprint density at radius 3 is 2.14 bits per heavy atom. The van der Waals surface area contributed by atoms with Crippen LogP contribution in [0.5, 0.6) is 0 Å². The van der Waals surface area contributed by atoms with Gasteiger partial charge >= 0.3 is 0 Å². The Morgan fingerprint density at radius 2 is 1.57 bits per heavy atom. The first-order valence-electron chi connectivity index (χ1n) is 13.4. The SMILES string of the molecule is CC[C@H](N)C(=O)NC1C(=O)N2C(CCC1CCN)CCC2C(=O)NC(c1ccccc1)c1ccccc1. The molecule has 2 aliphatic heterocycles. The standard InChI is InChI=1S/C29H39N5O3/c1-2-23(31)27(35)33-26-21(17-18-30)13-14-22-15-16-24(34(22)29(26)37)28(36)32-25(19-9-5-3-6-10-19)20-11-7-4-8-12-20/h3-12,21-26H,2,13-18,30-31H2,1H3,(H,32,36)(H,33,35)/t21?,22?,23-,24?,26?/m0/s1. The second-order valence-electron chi connectivity index (χ2n) is 10.2. The molecule has 2 heterocycles. The molecule has 3 amide bonds. The smallest absolute Gasteiger partial charge is 0.246 e. The summed E-state index contributed by atoms with van der Waals surface area (Å²) in [6.07, 6.45) is 4.01. The van der Waals surface area contributed by atoms with Gasteiger partial charge in [0.1, 0.15) is 12.1 Å². The van der Waals surface area contributed by atoms with Gasteiger partial charge in [-0.15, -0.1) is 0 Å². The summed E-state index contributed by atoms with van der Waals surface area (Å²) < 4.78 is 0. The van der Waals surface area contributed by atoms with E-state index in [4.69, 9.17) is 11.5 Å². The van der Waals surface area contributed by atoms with Crippen LogP contribution in [0, 0.1) is 5.92 Å². The van der Waals surface area contributed by atoms with E-state index in [0.717, 1.165) is 30.4 Å². The zero-order valence-corrected chi connectivity index (χ0v) is 21.5. The van der Waals surface area contributed by atoms with Crippen molar-refractivity contribution in [2.45, 2.75) is 75.7 Å². The van der Waals surface area contributed by atoms with Crippen LogP contribution in [0.25, 0.3) is 0 Å². The van der Waals surface area contributed by atoms with Gasteiger partial charge in [-0.2, -0.15) is 0 Å². The Balaban J connectivity index is 1.58. The topological polar surface area (TPSA) is 131 Å². The van der Waals surface area contributed by atoms with E-state index in [-0.39, 0.29) is 35.7 Å². The van der Waals surface area contributed by atoms with E-state index < -0.39 is 18.1 Å². The minimum atomic E-state index is -0.730. The first-order valence-corrected chi connectivity index (χ1v) is 13.4. The number of rotatable bonds is 9. The first kappa shape index (κ1) is 26.8. The van der Waals surface area contributed by atoms with Crippen molar-refractivity contribution >= 4 is 17.7 Å². The molecule has 8 nitrogen and oxygen atoms in total. The molecule has 0 aromatic heterocycles. The first-order chi connectivity index (χ1) is 17.9. The number of hydrogen-bond donors (Lipinski definition) is 4. The van der Waals surface area contributed by atoms with E-state index in [1.165, 1.54) is 0 Å². The van der Waals surface area contributed by atoms with Crippen molar-refractivity contribution in [2.75, 3.05) is 6.54 Å². The van der Waals surface area contributed by atoms with E-state index in [1.807, 2.05) is 67.6 Å². The number of fused-ring (bicyclic) bond motifs is 1. The summed E-state index contributed by atoms with van der Waals surface area (Å²) >= 11 is 0. The van der Waals surface area contributed by atoms with Crippen LogP contribution in [0.15, 0.2) is 60.7 Å². The second kappa shape index (κ2) is 12.3. The Morgan fingerprint density at radius 1 is 0.973 bits per heavy atom. The fourth-order valence-electron chi connectivity index (χ4n) is 5.73. The molecule has 4 unspecified atom stereocenters. The summed E-state index contributed by atoms with van der Waals surface area (Å²) in [5.74, 6) is -0.802. The van der Waals surface area contributed by atoms with Gasteiger partial charge in [-0.25, -0.2) is 0 Å². The lowest BCUT2D eigenvalue weighted by Crippen LogP contribution is -2.58. The molecule has 0 bridgehead atoms. The van der Waals surface area contributed by atoms with Gasteiger partial charge in [0.2, 0.25) is 17.7 Å². The molecular formula is C29H39N5O3. The Labute approximate surface area is 219 Å². The molecular weight excluding hydrogens is 466 g/mol. The molecule has 2 fully saturated rings. The highest BCUT2D eigenvalue weighted by molar-refractivity contribution is 5.94. The number of amides is 3. The number of carbonyl (C=O) groups is 3. The van der Waals surface area contributed by atoms with Gasteiger partial charge in [-0.05, 0) is 62.1 Å². The number of nitrogens with one attached hydrogen (secondary N) is 2. The maximum absolute atomic E-state index is 13.9. The third kappa shape index (κ3) is 6.02. The molecule has 5 atom stereocenters. The van der Waals surface area contributed by atoms with Crippen molar-refractivity contribution < 1.29 is 14.4 Å². The minimum absolute atomic E-state index is 0.0304. The van der Waals surface area contributed by atoms with Crippen molar-refractivity contribution in [1.29, 1.82) is 0 Å². The zero-order chi connectivity index (χ0) is 26.4. The fourth-order valence-corrected chi connectivity index (χ4v) is 5.73. The van der Waals surface area contributed by atoms with E-state index in [0.29, 0.717) is 25.8 Å². The van der Waals surface area contributed by atoms with Crippen LogP contribution >= 0.6 is 0 Å². The maximum atomic E-state index is 13.9. The lowest BCUT2D eigenvalue weighted by molar-refractivity contribution is -0.143. The molecule has 0 radical (unpaired) electrons. The third-order valence-electron chi connectivity index (χ3n) is 7.83. The largest absolute Gasteiger partial charge is 0.343 e. The minimum Gasteiger partial charge on any atom is -0.343 e. The highest BCUT2D eigenvalue weighted by atomic mass is 16.2. The average Bonchev–Trinajstić information content (AvgIpc) is 3.32. The quantitative estimate of drug-likeness (QED) is 0.415. The molecule has 37 heavy (non-hydrogen) atoms. The van der Waals surface area contributed by atoms with Crippen LogP contribution in [0.4, 0.5) is 0 Å². The number of carbonyl (C=O) groups excluding carboxylic acids is 3. The summed E-state index contributed by atoms with van der Waals surface area (Å²) in [5.41, 5.74) is 13.8. The number of nitrogens with two attached hydrogens (primary N) is 2. The molecule has 0 saturated carbocycles. The Hall–Kier alpha value is -3.23. The molecule has 4 rings (SSSR count). The molecule has 0 spiro atoms. The summed E-state index contributed by atoms with van der Waals surface area (Å²) in [7, 11) is 0. The molecule has 2 aromatic carbocycles. The van der Waals surface area contributed by atoms with Gasteiger partial charge in [0.15, 0.2) is 0 Å². The average molecular weight is 506 g/mol. The number of benzene rings is 2. The molecule has 6 N–H and O–H groups in total. The highest BCUT2D eigenvalue weighted by Crippen LogP contribution is 2.35. The normalized spacial score (nSPS) is 24.3. The number of hydrogen-bond acceptors (Lipinski definition) is 5. The van der Waals surface area contributed by atoms with Crippen molar-refractivity contribution in [1.82, 2.24) is 15.5 Å². The van der Waals surface area contributed by atoms with E-state index in [1.54, 1.807) is 4.90 Å². The van der Waals surface area contributed by atoms with Crippen molar-refractivity contribution in [3.8, 4) is 0 Å². The van der Waals surface area contributed by atoms with Gasteiger partial charge in [-0.1, -0.05) is 67.6 Å². The highest BCUT2D eigenvalue weighted by Gasteiger charge is 2.47. The van der Waals surface area contributed by atoms with Crippen molar-refractivity contribution in [3.63, 3.8) is 0 Å². The predicted molar refractivity (Wildman–Crippen MR) is 143 cm³/mol. The van der Waals surface area contributed by atoms with E-state index in [9.17, 15) is 14.4 Å². The summed E-state index contributed by atoms with van der Waals surface area (Å²) in [5, 5.41) is 6.14.